The molecule has 0 radical (unpaired) electrons. The number of azo groups is 4. The number of benzene rings is 12. The quantitative estimate of drug-likeness (QED) is 0.00205. The maximum Gasteiger partial charge on any atom is 0.297 e. The van der Waals surface area contributed by atoms with Crippen molar-refractivity contribution in [2.45, 2.75) is 60.8 Å². The van der Waals surface area contributed by atoms with Gasteiger partial charge in [0.25, 0.3) is 76.5 Å². The van der Waals surface area contributed by atoms with Gasteiger partial charge in [0.15, 0.2) is 17.2 Å². The van der Waals surface area contributed by atoms with Crippen molar-refractivity contribution < 1.29 is 176 Å². The van der Waals surface area contributed by atoms with Crippen molar-refractivity contribution in [3.63, 3.8) is 0 Å². The van der Waals surface area contributed by atoms with Crippen molar-refractivity contribution >= 4 is 256 Å². The van der Waals surface area contributed by atoms with Crippen molar-refractivity contribution in [1.82, 2.24) is 0 Å². The van der Waals surface area contributed by atoms with Crippen LogP contribution in [0.5, 0.6) is 17.2 Å². The number of nitro benzene ring substituents is 1. The van der Waals surface area contributed by atoms with Crippen LogP contribution in [0.3, 0.4) is 0 Å². The molecule has 0 heterocycles. The number of aryl methyl sites for hydroxylation is 1. The average Bonchev–Trinajstić information content (AvgIpc) is 0.752. The third-order valence-corrected chi connectivity index (χ3v) is 27.2. The van der Waals surface area contributed by atoms with Crippen LogP contribution >= 0.6 is 48.2 Å². The highest BCUT2D eigenvalue weighted by Gasteiger charge is 2.31. The number of nitrogens with zero attached hydrogens (tertiary/aromatic N) is 9. The Morgan fingerprint density at radius 1 is 0.326 bits per heavy atom. The zero-order valence-electron chi connectivity index (χ0n) is 66.3. The van der Waals surface area contributed by atoms with E-state index in [9.17, 15) is 121 Å². The number of nitro groups is 1. The summed E-state index contributed by atoms with van der Waals surface area (Å²) in [6.07, 6.45) is 7.75. The molecule has 0 aliphatic carbocycles. The SMILES string of the molecule is Cc1cc(N=Nc2c(SOOO)cc3c(S(=O)(=O)O)c(N)ccc3c2O)ccc1/C=C/c1ccc(N=[N+]([O-])c2ccc(/C=C/c3ccc(N=Nc4c(S(=O)(=O)O)cc5c(S(=O)(=O)O)c(N)ccc5c4O)cc3S(=O)(=O)O)c(SOOO)c2)cc1S(=O)(=O)O.Nc1ccc2c(O)c(N=Nc3ccc(/C=C/c4ccc([N+](=O)[O-])cc4S(=O)(=O)O)c(SOOO)c3)c(SOOO)cc2c1S(=O)(=O)O.[2HH]. The van der Waals surface area contributed by atoms with Crippen molar-refractivity contribution in [3.05, 3.63) is 218 Å². The van der Waals surface area contributed by atoms with Crippen LogP contribution in [0.25, 0.3) is 68.8 Å². The van der Waals surface area contributed by atoms with E-state index in [0.29, 0.717) is 65.0 Å². The summed E-state index contributed by atoms with van der Waals surface area (Å²) < 4.78 is 259. The fourth-order valence-corrected chi connectivity index (χ4v) is 19.6. The number of nitrogens with two attached hydrogens (primary N) is 3. The van der Waals surface area contributed by atoms with Gasteiger partial charge in [0, 0.05) is 68.0 Å². The molecule has 710 valence electrons. The molecule has 0 aliphatic rings. The Kier molecular flexibility index (Phi) is 32.1. The van der Waals surface area contributed by atoms with E-state index in [1.165, 1.54) is 97.1 Å². The summed E-state index contributed by atoms with van der Waals surface area (Å²) in [6, 6.07) is 31.0. The first-order valence-corrected chi connectivity index (χ1v) is 48.5. The highest BCUT2D eigenvalue weighted by atomic mass is 32.2. The number of non-ortho nitro benzene ring substituents is 1. The first-order chi connectivity index (χ1) is 63.3. The van der Waals surface area contributed by atoms with E-state index < -0.39 is 161 Å². The molecule has 0 unspecified atom stereocenters. The minimum absolute atomic E-state index is 0. The molecule has 12 aromatic rings. The zero-order valence-corrected chi connectivity index (χ0v) is 75.2. The third kappa shape index (κ3) is 24.7. The number of rotatable bonds is 34. The van der Waals surface area contributed by atoms with E-state index in [1.807, 2.05) is 0 Å². The van der Waals surface area contributed by atoms with Crippen molar-refractivity contribution in [3.8, 4) is 17.2 Å². The number of nitrogen functional groups attached to an aromatic ring is 3. The molecule has 0 bridgehead atoms. The number of anilines is 3. The summed E-state index contributed by atoms with van der Waals surface area (Å²) in [6.45, 7) is 1.65. The van der Waals surface area contributed by atoms with Gasteiger partial charge in [-0.1, -0.05) is 85.7 Å². The zero-order chi connectivity index (χ0) is 98.9. The number of hydrogen-bond acceptors (Lipinski definition) is 46. The fourth-order valence-electron chi connectivity index (χ4n) is 12.4. The van der Waals surface area contributed by atoms with Crippen LogP contribution in [0.1, 0.15) is 40.4 Å². The molecule has 0 fully saturated rings. The molecule has 12 aromatic carbocycles. The number of phenols is 3. The highest BCUT2D eigenvalue weighted by molar-refractivity contribution is 7.95. The van der Waals surface area contributed by atoms with Crippen LogP contribution in [0, 0.1) is 22.2 Å². The molecule has 20 N–H and O–H groups in total. The lowest BCUT2D eigenvalue weighted by atomic mass is 10.1. The Bertz CT molecular complexity index is 7950. The molecular formula is C73H58N12O39S11. The number of hydrogen-bond donors (Lipinski definition) is 17. The second-order valence-electron chi connectivity index (χ2n) is 26.6. The molecule has 0 saturated heterocycles. The van der Waals surface area contributed by atoms with E-state index in [2.05, 4.69) is 73.3 Å². The van der Waals surface area contributed by atoms with Crippen molar-refractivity contribution in [2.75, 3.05) is 17.2 Å². The van der Waals surface area contributed by atoms with Crippen LogP contribution < -0.4 is 17.2 Å². The molecule has 0 saturated carbocycles. The number of aromatic hydroxyl groups is 3. The van der Waals surface area contributed by atoms with E-state index in [-0.39, 0.29) is 127 Å². The molecule has 51 nitrogen and oxygen atoms in total. The maximum atomic E-state index is 13.5. The van der Waals surface area contributed by atoms with Gasteiger partial charge in [-0.15, -0.1) is 32.7 Å². The summed E-state index contributed by atoms with van der Waals surface area (Å²) in [5.41, 5.74) is 14.2. The predicted molar refractivity (Wildman–Crippen MR) is 478 cm³/mol. The molecule has 0 atom stereocenters. The van der Waals surface area contributed by atoms with Crippen LogP contribution in [0.2, 0.25) is 0 Å². The van der Waals surface area contributed by atoms with Gasteiger partial charge in [-0.05, 0) is 161 Å². The fraction of sp³-hybridized carbons (Fsp3) is 0.0137. The van der Waals surface area contributed by atoms with Crippen molar-refractivity contribution in [1.29, 1.82) is 0 Å². The highest BCUT2D eigenvalue weighted by Crippen LogP contribution is 2.51. The monoisotopic (exact) mass is 2080 g/mol. The molecule has 135 heavy (non-hydrogen) atoms. The van der Waals surface area contributed by atoms with Crippen LogP contribution in [-0.4, -0.2) is 137 Å². The Morgan fingerprint density at radius 3 is 1.04 bits per heavy atom. The topological polar surface area (TPSA) is 830 Å². The Labute approximate surface area is 775 Å². The van der Waals surface area contributed by atoms with Gasteiger partial charge < -0.3 is 37.7 Å². The summed E-state index contributed by atoms with van der Waals surface area (Å²) >= 11 is 1.37. The van der Waals surface area contributed by atoms with E-state index in [1.54, 1.807) is 13.0 Å². The van der Waals surface area contributed by atoms with Crippen LogP contribution in [-0.2, 0) is 108 Å². The van der Waals surface area contributed by atoms with Crippen LogP contribution in [0.15, 0.2) is 253 Å². The van der Waals surface area contributed by atoms with Gasteiger partial charge >= 0.3 is 0 Å². The van der Waals surface area contributed by atoms with Gasteiger partial charge in [-0.2, -0.15) is 74.3 Å². The summed E-state index contributed by atoms with van der Waals surface area (Å²) in [7, 11) is -35.3. The molecule has 0 amide bonds. The Hall–Kier alpha value is -12.7. The Morgan fingerprint density at radius 2 is 0.637 bits per heavy atom. The van der Waals surface area contributed by atoms with E-state index in [0.717, 1.165) is 84.9 Å². The van der Waals surface area contributed by atoms with Gasteiger partial charge in [-0.25, -0.2) is 21.0 Å². The lowest BCUT2D eigenvalue weighted by Gasteiger charge is -2.12. The predicted octanol–water partition coefficient (Wildman–Crippen LogP) is 17.3. The third-order valence-electron chi connectivity index (χ3n) is 18.1. The lowest BCUT2D eigenvalue weighted by Crippen LogP contribution is -2.06. The second-order valence-corrected chi connectivity index (χ2v) is 39.2. The van der Waals surface area contributed by atoms with Gasteiger partial charge in [0.2, 0.25) is 5.69 Å². The van der Waals surface area contributed by atoms with E-state index >= 15 is 0 Å². The lowest BCUT2D eigenvalue weighted by molar-refractivity contribution is -0.435. The first-order valence-electron chi connectivity index (χ1n) is 35.4. The number of fused-ring (bicyclic) bond motifs is 3. The van der Waals surface area contributed by atoms with Gasteiger partial charge in [0.05, 0.1) is 102 Å². The smallest absolute Gasteiger partial charge is 0.297 e. The summed E-state index contributed by atoms with van der Waals surface area (Å²) in [5.74, 6) is -2.33. The van der Waals surface area contributed by atoms with Gasteiger partial charge in [-0.3, -0.25) is 42.0 Å². The molecular weight excluding hydrogens is 2020 g/mol. The largest absolute Gasteiger partial charge is 0.594 e. The molecule has 0 spiro atoms. The minimum Gasteiger partial charge on any atom is -0.594 e. The summed E-state index contributed by atoms with van der Waals surface area (Å²) in [5, 5.41) is 133. The summed E-state index contributed by atoms with van der Waals surface area (Å²) in [4.78, 5) is 4.21. The molecule has 0 aliphatic heterocycles. The standard InChI is InChI=1S/C49H38N8O24S7.C24H18N4O15S4.H2/c1-24-18-29(52-54-44-40(83-81-79-62)22-35-33(46(44)58)14-16-37(50)48(35)87(72,73)74)10-6-25(24)2-4-27-8-12-31(20-42(27)85(66,67)68)56-57(60)32-13-9-26(39(21-32)82-80-78-61)3-5-28-7-11-30(19-41(28)84(63,64)65)53-55-45-43(86(69,70)71)23-36-34(47(45)59)15-17-38(51)49(36)88(75,76)77;25-18-8-7-16-17(24(18)47(37,38)39)11-20(45-43-41-33)22(23(16)29)27-26-14-5-3-12(19(9-14)44-42-40-32)1-2-13-4-6-15(28(30)31)10-21(13)46(34,35)36;/h2-23,58-59,61-62H,50-51H2,1H3,(H,63,64,65)(H,66,67,68)(H,69,70,71)(H,72,73,74)(H,75,76,77);1-11,29,32-33H,25H2,(H,34,35,36)(H,37,38,39);1H/b4-2+,5-3+,54-52?,55-53?,57-56?;2-1+,27-26?;/i;;1+1. The maximum absolute atomic E-state index is 13.5. The normalized spacial score (nSPS) is 12.9. The van der Waals surface area contributed by atoms with Crippen LogP contribution in [0.4, 0.5) is 68.2 Å². The molecule has 62 heteroatoms. The van der Waals surface area contributed by atoms with Gasteiger partial charge in [0.1, 0.15) is 57.0 Å². The minimum atomic E-state index is -5.36. The molecule has 0 aromatic heterocycles. The number of phenolic OH excluding ortho intramolecular Hbond substituents is 3. The Balaban J connectivity index is 0.000000335. The average molecular weight is 2080 g/mol. The second kappa shape index (κ2) is 42.1. The van der Waals surface area contributed by atoms with E-state index in [4.69, 9.17) is 38.2 Å². The molecule has 12 rings (SSSR count). The first kappa shape index (κ1) is 103. The van der Waals surface area contributed by atoms with Crippen molar-refractivity contribution in [2.24, 2.45) is 35.8 Å².